The number of guanidine groups is 1. The van der Waals surface area contributed by atoms with Gasteiger partial charge in [-0.05, 0) is 53.9 Å². The van der Waals surface area contributed by atoms with E-state index in [4.69, 9.17) is 9.73 Å². The van der Waals surface area contributed by atoms with Gasteiger partial charge in [-0.1, -0.05) is 19.3 Å². The van der Waals surface area contributed by atoms with Crippen molar-refractivity contribution in [2.45, 2.75) is 96.9 Å². The van der Waals surface area contributed by atoms with Gasteiger partial charge in [-0.25, -0.2) is 0 Å². The first-order chi connectivity index (χ1) is 14.8. The molecule has 1 aliphatic carbocycles. The molecule has 3 atom stereocenters. The summed E-state index contributed by atoms with van der Waals surface area (Å²) in [5.74, 6) is 1.50. The van der Waals surface area contributed by atoms with Crippen LogP contribution in [-0.4, -0.2) is 84.7 Å². The molecule has 0 aromatic carbocycles. The molecule has 2 aliphatic heterocycles. The monoisotopic (exact) mass is 563 g/mol. The van der Waals surface area contributed by atoms with E-state index in [1.165, 1.54) is 19.3 Å². The molecule has 8 heteroatoms. The number of carbonyl (C=O) groups is 1. The van der Waals surface area contributed by atoms with Gasteiger partial charge in [0.05, 0.1) is 18.8 Å². The number of hydrogen-bond donors (Lipinski definition) is 2. The fraction of sp³-hybridized carbons (Fsp3) is 0.917. The Morgan fingerprint density at radius 1 is 1.06 bits per heavy atom. The van der Waals surface area contributed by atoms with E-state index in [2.05, 4.69) is 55.1 Å². The van der Waals surface area contributed by atoms with Gasteiger partial charge in [0, 0.05) is 50.2 Å². The molecule has 186 valence electrons. The van der Waals surface area contributed by atoms with Crippen molar-refractivity contribution in [2.75, 3.05) is 39.3 Å². The molecule has 3 aliphatic rings. The number of carbonyl (C=O) groups excluding carboxylic acids is 1. The van der Waals surface area contributed by atoms with Crippen LogP contribution >= 0.6 is 24.0 Å². The van der Waals surface area contributed by atoms with Crippen LogP contribution in [0.2, 0.25) is 0 Å². The van der Waals surface area contributed by atoms with Crippen LogP contribution in [0.1, 0.15) is 73.1 Å². The van der Waals surface area contributed by atoms with Crippen LogP contribution in [0.4, 0.5) is 0 Å². The smallest absolute Gasteiger partial charge is 0.225 e. The maximum atomic E-state index is 12.9. The second kappa shape index (κ2) is 12.7. The quantitative estimate of drug-likeness (QED) is 0.295. The van der Waals surface area contributed by atoms with E-state index in [1.807, 2.05) is 0 Å². The molecule has 32 heavy (non-hydrogen) atoms. The van der Waals surface area contributed by atoms with Gasteiger partial charge in [-0.15, -0.1) is 24.0 Å². The summed E-state index contributed by atoms with van der Waals surface area (Å²) in [5, 5.41) is 7.00. The fourth-order valence-electron chi connectivity index (χ4n) is 5.24. The van der Waals surface area contributed by atoms with Gasteiger partial charge in [0.1, 0.15) is 0 Å². The Balaban J connectivity index is 0.00000363. The largest absolute Gasteiger partial charge is 0.373 e. The van der Waals surface area contributed by atoms with E-state index in [9.17, 15) is 4.79 Å². The number of likely N-dealkylation sites (tertiary alicyclic amines) is 1. The standard InChI is InChI=1S/C24H45N5O2.HI/c1-6-25-23(26-17-24(4,5)29-14-18(2)31-19(3)15-29)27-21-12-13-28(16-21)22(30)20-10-8-7-9-11-20;/h18-21H,6-17H2,1-5H3,(H2,25,26,27);1H. The normalized spacial score (nSPS) is 28.3. The highest BCUT2D eigenvalue weighted by atomic mass is 127. The molecule has 7 nitrogen and oxygen atoms in total. The third-order valence-electron chi connectivity index (χ3n) is 7.04. The molecule has 0 aromatic rings. The molecular formula is C24H46IN5O2. The van der Waals surface area contributed by atoms with E-state index in [0.717, 1.165) is 64.5 Å². The Morgan fingerprint density at radius 3 is 2.34 bits per heavy atom. The van der Waals surface area contributed by atoms with Gasteiger partial charge in [0.2, 0.25) is 5.91 Å². The minimum Gasteiger partial charge on any atom is -0.373 e. The van der Waals surface area contributed by atoms with Crippen LogP contribution in [0, 0.1) is 5.92 Å². The Bertz CT molecular complexity index is 614. The molecule has 1 amide bonds. The zero-order chi connectivity index (χ0) is 22.4. The van der Waals surface area contributed by atoms with Crippen LogP contribution in [0.15, 0.2) is 4.99 Å². The zero-order valence-corrected chi connectivity index (χ0v) is 23.2. The Kier molecular flexibility index (Phi) is 11.0. The summed E-state index contributed by atoms with van der Waals surface area (Å²) in [4.78, 5) is 22.4. The highest BCUT2D eigenvalue weighted by molar-refractivity contribution is 14.0. The maximum absolute atomic E-state index is 12.9. The van der Waals surface area contributed by atoms with Crippen LogP contribution in [0.25, 0.3) is 0 Å². The lowest BCUT2D eigenvalue weighted by Crippen LogP contribution is -2.56. The summed E-state index contributed by atoms with van der Waals surface area (Å²) in [6, 6.07) is 0.275. The molecule has 0 spiro atoms. The fourth-order valence-corrected chi connectivity index (χ4v) is 5.24. The van der Waals surface area contributed by atoms with Gasteiger partial charge in [0.25, 0.3) is 0 Å². The van der Waals surface area contributed by atoms with Crippen molar-refractivity contribution in [3.63, 3.8) is 0 Å². The lowest BCUT2D eigenvalue weighted by molar-refractivity contribution is -0.135. The molecular weight excluding hydrogens is 517 g/mol. The van der Waals surface area contributed by atoms with Gasteiger partial charge in [0.15, 0.2) is 5.96 Å². The molecule has 2 saturated heterocycles. The van der Waals surface area contributed by atoms with Gasteiger partial charge in [-0.2, -0.15) is 0 Å². The summed E-state index contributed by atoms with van der Waals surface area (Å²) in [7, 11) is 0. The van der Waals surface area contributed by atoms with Crippen molar-refractivity contribution in [1.29, 1.82) is 0 Å². The number of amides is 1. The molecule has 3 unspecified atom stereocenters. The van der Waals surface area contributed by atoms with Crippen LogP contribution < -0.4 is 10.6 Å². The summed E-state index contributed by atoms with van der Waals surface area (Å²) in [6.07, 6.45) is 7.35. The number of nitrogens with zero attached hydrogens (tertiary/aromatic N) is 3. The predicted molar refractivity (Wildman–Crippen MR) is 142 cm³/mol. The SMILES string of the molecule is CCNC(=NCC(C)(C)N1CC(C)OC(C)C1)NC1CCN(C(=O)C2CCCCC2)C1.I. The Morgan fingerprint density at radius 2 is 1.72 bits per heavy atom. The molecule has 3 fully saturated rings. The number of halogens is 1. The number of rotatable bonds is 6. The third-order valence-corrected chi connectivity index (χ3v) is 7.04. The Hall–Kier alpha value is -0.610. The summed E-state index contributed by atoms with van der Waals surface area (Å²) in [6.45, 7) is 16.0. The number of aliphatic imine (C=N–C) groups is 1. The zero-order valence-electron chi connectivity index (χ0n) is 20.9. The number of morpholine rings is 1. The molecule has 0 aromatic heterocycles. The van der Waals surface area contributed by atoms with Crippen molar-refractivity contribution in [3.8, 4) is 0 Å². The maximum Gasteiger partial charge on any atom is 0.225 e. The van der Waals surface area contributed by atoms with Gasteiger partial charge < -0.3 is 20.3 Å². The van der Waals surface area contributed by atoms with Crippen molar-refractivity contribution < 1.29 is 9.53 Å². The minimum absolute atomic E-state index is 0. The first-order valence-corrected chi connectivity index (χ1v) is 12.5. The summed E-state index contributed by atoms with van der Waals surface area (Å²) in [5.41, 5.74) is -0.0344. The molecule has 0 radical (unpaired) electrons. The van der Waals surface area contributed by atoms with Gasteiger partial charge >= 0.3 is 0 Å². The van der Waals surface area contributed by atoms with Gasteiger partial charge in [-0.3, -0.25) is 14.7 Å². The van der Waals surface area contributed by atoms with E-state index < -0.39 is 0 Å². The van der Waals surface area contributed by atoms with Crippen LogP contribution in [0.3, 0.4) is 0 Å². The summed E-state index contributed by atoms with van der Waals surface area (Å²) >= 11 is 0. The van der Waals surface area contributed by atoms with E-state index in [1.54, 1.807) is 0 Å². The lowest BCUT2D eigenvalue weighted by atomic mass is 9.88. The van der Waals surface area contributed by atoms with E-state index in [0.29, 0.717) is 5.91 Å². The van der Waals surface area contributed by atoms with Crippen molar-refractivity contribution in [2.24, 2.45) is 10.9 Å². The number of nitrogens with one attached hydrogen (secondary N) is 2. The second-order valence-electron chi connectivity index (χ2n) is 10.4. The molecule has 3 rings (SSSR count). The topological polar surface area (TPSA) is 69.2 Å². The van der Waals surface area contributed by atoms with Crippen LogP contribution in [-0.2, 0) is 9.53 Å². The highest BCUT2D eigenvalue weighted by Crippen LogP contribution is 2.27. The molecule has 0 bridgehead atoms. The Labute approximate surface area is 212 Å². The van der Waals surface area contributed by atoms with E-state index in [-0.39, 0.29) is 53.7 Å². The average molecular weight is 564 g/mol. The van der Waals surface area contributed by atoms with Crippen molar-refractivity contribution in [3.05, 3.63) is 0 Å². The number of ether oxygens (including phenoxy) is 1. The van der Waals surface area contributed by atoms with Crippen molar-refractivity contribution >= 4 is 35.8 Å². The lowest BCUT2D eigenvalue weighted by Gasteiger charge is -2.44. The summed E-state index contributed by atoms with van der Waals surface area (Å²) < 4.78 is 5.90. The minimum atomic E-state index is -0.0344. The average Bonchev–Trinajstić information content (AvgIpc) is 3.20. The third kappa shape index (κ3) is 7.72. The highest BCUT2D eigenvalue weighted by Gasteiger charge is 2.34. The molecule has 2 heterocycles. The molecule has 2 N–H and O–H groups in total. The first kappa shape index (κ1) is 27.6. The second-order valence-corrected chi connectivity index (χ2v) is 10.4. The predicted octanol–water partition coefficient (Wildman–Crippen LogP) is 3.23. The van der Waals surface area contributed by atoms with E-state index >= 15 is 0 Å². The molecule has 1 saturated carbocycles. The van der Waals surface area contributed by atoms with Crippen LogP contribution in [0.5, 0.6) is 0 Å². The first-order valence-electron chi connectivity index (χ1n) is 12.5. The van der Waals surface area contributed by atoms with Crippen molar-refractivity contribution in [1.82, 2.24) is 20.4 Å². The number of hydrogen-bond acceptors (Lipinski definition) is 4.